The maximum Gasteiger partial charge on any atom is 0.242 e. The van der Waals surface area contributed by atoms with E-state index in [1.165, 1.54) is 12.0 Å². The molecule has 0 unspecified atom stereocenters. The Bertz CT molecular complexity index is 1400. The Kier molecular flexibility index (Phi) is 5.23. The lowest BCUT2D eigenvalue weighted by Crippen LogP contribution is -2.50. The fraction of sp³-hybridized carbons (Fsp3) is 0.267. The van der Waals surface area contributed by atoms with Gasteiger partial charge in [0.1, 0.15) is 12.5 Å². The smallest absolute Gasteiger partial charge is 0.242 e. The topological polar surface area (TPSA) is 76.6 Å². The molecular formula is C30H26N2O4. The molecule has 1 aromatic heterocycles. The van der Waals surface area contributed by atoms with Gasteiger partial charge in [-0.05, 0) is 24.6 Å². The number of Topliss-reactive ketones (excluding diaryl/α,β-unsaturated/α-hetero) is 1. The second kappa shape index (κ2) is 8.35. The molecule has 2 heterocycles. The molecule has 6 nitrogen and oxygen atoms in total. The van der Waals surface area contributed by atoms with Crippen molar-refractivity contribution >= 4 is 23.3 Å². The van der Waals surface area contributed by atoms with Crippen LogP contribution >= 0.6 is 0 Å². The molecule has 5 atom stereocenters. The Morgan fingerprint density at radius 1 is 0.972 bits per heavy atom. The zero-order chi connectivity index (χ0) is 25.0. The SMILES string of the molecule is COCN1C(=O)[C@@]2(c3cccnc31)[C@H](c1ccccc1)[C@H]1C(=O)C=C(C)[C@H]1[C@@H]2C(=O)c1ccccc1. The molecule has 1 aliphatic heterocycles. The largest absolute Gasteiger partial charge is 0.364 e. The number of ether oxygens (including phenoxy) is 1. The van der Waals surface area contributed by atoms with Gasteiger partial charge in [-0.25, -0.2) is 4.98 Å². The van der Waals surface area contributed by atoms with E-state index in [-0.39, 0.29) is 24.2 Å². The molecule has 1 saturated carbocycles. The number of amides is 1. The lowest BCUT2D eigenvalue weighted by atomic mass is 9.62. The van der Waals surface area contributed by atoms with Gasteiger partial charge in [-0.3, -0.25) is 19.3 Å². The second-order valence-corrected chi connectivity index (χ2v) is 9.83. The third kappa shape index (κ3) is 2.88. The van der Waals surface area contributed by atoms with E-state index in [0.717, 1.165) is 11.1 Å². The molecule has 1 amide bonds. The number of rotatable bonds is 5. The second-order valence-electron chi connectivity index (χ2n) is 9.83. The van der Waals surface area contributed by atoms with E-state index >= 15 is 0 Å². The van der Waals surface area contributed by atoms with Gasteiger partial charge in [0.2, 0.25) is 5.91 Å². The van der Waals surface area contributed by atoms with Crippen molar-refractivity contribution in [3.05, 3.63) is 107 Å². The van der Waals surface area contributed by atoms with Gasteiger partial charge in [0.15, 0.2) is 11.6 Å². The highest BCUT2D eigenvalue weighted by Crippen LogP contribution is 2.67. The maximum absolute atomic E-state index is 14.7. The van der Waals surface area contributed by atoms with Crippen LogP contribution in [0.2, 0.25) is 0 Å². The average Bonchev–Trinajstić information content (AvgIpc) is 3.47. The lowest BCUT2D eigenvalue weighted by molar-refractivity contribution is -0.126. The number of hydrogen-bond donors (Lipinski definition) is 0. The maximum atomic E-state index is 14.7. The summed E-state index contributed by atoms with van der Waals surface area (Å²) in [4.78, 5) is 48.8. The van der Waals surface area contributed by atoms with Crippen LogP contribution in [-0.4, -0.2) is 36.3 Å². The van der Waals surface area contributed by atoms with Crippen molar-refractivity contribution < 1.29 is 19.1 Å². The average molecular weight is 479 g/mol. The summed E-state index contributed by atoms with van der Waals surface area (Å²) >= 11 is 0. The van der Waals surface area contributed by atoms with E-state index in [1.54, 1.807) is 30.5 Å². The van der Waals surface area contributed by atoms with E-state index in [1.807, 2.05) is 61.5 Å². The molecule has 1 spiro atoms. The number of carbonyl (C=O) groups is 3. The Labute approximate surface area is 209 Å². The zero-order valence-electron chi connectivity index (χ0n) is 20.1. The number of carbonyl (C=O) groups excluding carboxylic acids is 3. The quantitative estimate of drug-likeness (QED) is 0.511. The van der Waals surface area contributed by atoms with Crippen LogP contribution in [0.5, 0.6) is 0 Å². The molecule has 2 aliphatic carbocycles. The minimum Gasteiger partial charge on any atom is -0.364 e. The van der Waals surface area contributed by atoms with E-state index in [2.05, 4.69) is 4.98 Å². The van der Waals surface area contributed by atoms with Gasteiger partial charge in [0.25, 0.3) is 0 Å². The van der Waals surface area contributed by atoms with Gasteiger partial charge in [-0.15, -0.1) is 0 Å². The van der Waals surface area contributed by atoms with Crippen LogP contribution in [0.1, 0.15) is 34.3 Å². The molecule has 1 fully saturated rings. The van der Waals surface area contributed by atoms with Crippen molar-refractivity contribution in [2.75, 3.05) is 18.7 Å². The fourth-order valence-corrected chi connectivity index (χ4v) is 6.98. The third-order valence-corrected chi connectivity index (χ3v) is 8.16. The van der Waals surface area contributed by atoms with Crippen LogP contribution in [0.3, 0.4) is 0 Å². The summed E-state index contributed by atoms with van der Waals surface area (Å²) in [5.41, 5.74) is 1.64. The van der Waals surface area contributed by atoms with Gasteiger partial charge in [-0.1, -0.05) is 72.3 Å². The van der Waals surface area contributed by atoms with Crippen molar-refractivity contribution in [3.8, 4) is 0 Å². The van der Waals surface area contributed by atoms with Crippen LogP contribution in [-0.2, 0) is 19.7 Å². The Morgan fingerprint density at radius 3 is 2.36 bits per heavy atom. The number of ketones is 2. The normalized spacial score (nSPS) is 28.4. The summed E-state index contributed by atoms with van der Waals surface area (Å²) < 4.78 is 5.42. The van der Waals surface area contributed by atoms with Crippen LogP contribution in [0.4, 0.5) is 5.82 Å². The molecule has 180 valence electrons. The summed E-state index contributed by atoms with van der Waals surface area (Å²) in [7, 11) is 1.53. The monoisotopic (exact) mass is 478 g/mol. The number of nitrogens with zero attached hydrogens (tertiary/aromatic N) is 2. The Morgan fingerprint density at radius 2 is 1.67 bits per heavy atom. The first-order valence-electron chi connectivity index (χ1n) is 12.1. The number of aromatic nitrogens is 1. The number of pyridine rings is 1. The minimum atomic E-state index is -1.29. The molecule has 6 heteroatoms. The van der Waals surface area contributed by atoms with Gasteiger partial charge >= 0.3 is 0 Å². The summed E-state index contributed by atoms with van der Waals surface area (Å²) in [6.07, 6.45) is 3.31. The molecule has 0 bridgehead atoms. The highest BCUT2D eigenvalue weighted by Gasteiger charge is 2.73. The number of anilines is 1. The lowest BCUT2D eigenvalue weighted by Gasteiger charge is -2.37. The van der Waals surface area contributed by atoms with Gasteiger partial charge < -0.3 is 4.74 Å². The van der Waals surface area contributed by atoms with Crippen molar-refractivity contribution in [1.82, 2.24) is 4.98 Å². The fourth-order valence-electron chi connectivity index (χ4n) is 6.98. The summed E-state index contributed by atoms with van der Waals surface area (Å²) in [6, 6.07) is 22.4. The van der Waals surface area contributed by atoms with Crippen LogP contribution in [0.25, 0.3) is 0 Å². The predicted molar refractivity (Wildman–Crippen MR) is 134 cm³/mol. The van der Waals surface area contributed by atoms with Gasteiger partial charge in [-0.2, -0.15) is 0 Å². The molecule has 2 aromatic carbocycles. The van der Waals surface area contributed by atoms with Crippen LogP contribution < -0.4 is 4.90 Å². The molecule has 6 rings (SSSR count). The highest BCUT2D eigenvalue weighted by atomic mass is 16.5. The Balaban J connectivity index is 1.69. The molecular weight excluding hydrogens is 452 g/mol. The molecule has 3 aliphatic rings. The van der Waals surface area contributed by atoms with E-state index < -0.39 is 29.1 Å². The number of methoxy groups -OCH3 is 1. The summed E-state index contributed by atoms with van der Waals surface area (Å²) in [5.74, 6) is -2.12. The number of benzene rings is 2. The van der Waals surface area contributed by atoms with E-state index in [0.29, 0.717) is 16.9 Å². The molecule has 36 heavy (non-hydrogen) atoms. The zero-order valence-corrected chi connectivity index (χ0v) is 20.1. The standard InChI is InChI=1S/C30H26N2O4/c1-18-16-22(33)24-23(18)26(27(34)20-12-7-4-8-13-20)30(25(24)19-10-5-3-6-11-19)21-14-9-15-31-28(21)32(17-36-2)29(30)35/h3-16,23-26H,17H2,1-2H3/t23-,24+,25-,26-,30+/m1/s1. The van der Waals surface area contributed by atoms with Crippen molar-refractivity contribution in [1.29, 1.82) is 0 Å². The molecule has 3 aromatic rings. The van der Waals surface area contributed by atoms with Gasteiger partial charge in [0.05, 0.1) is 5.41 Å². The first kappa shape index (κ1) is 22.6. The molecule has 0 radical (unpaired) electrons. The van der Waals surface area contributed by atoms with Crippen molar-refractivity contribution in [3.63, 3.8) is 0 Å². The molecule has 0 N–H and O–H groups in total. The van der Waals surface area contributed by atoms with E-state index in [4.69, 9.17) is 4.74 Å². The number of hydrogen-bond acceptors (Lipinski definition) is 5. The summed E-state index contributed by atoms with van der Waals surface area (Å²) in [5, 5.41) is 0. The minimum absolute atomic E-state index is 0.0104. The van der Waals surface area contributed by atoms with Gasteiger partial charge in [0, 0.05) is 48.1 Å². The predicted octanol–water partition coefficient (Wildman–Crippen LogP) is 4.33. The first-order chi connectivity index (χ1) is 17.5. The van der Waals surface area contributed by atoms with Crippen LogP contribution in [0, 0.1) is 17.8 Å². The summed E-state index contributed by atoms with van der Waals surface area (Å²) in [6.45, 7) is 1.92. The Hall–Kier alpha value is -3.90. The highest BCUT2D eigenvalue weighted by molar-refractivity contribution is 6.15. The first-order valence-corrected chi connectivity index (χ1v) is 12.1. The number of allylic oxidation sites excluding steroid dienone is 2. The van der Waals surface area contributed by atoms with Crippen LogP contribution in [0.15, 0.2) is 90.6 Å². The van der Waals surface area contributed by atoms with E-state index in [9.17, 15) is 14.4 Å². The third-order valence-electron chi connectivity index (χ3n) is 8.16. The van der Waals surface area contributed by atoms with Crippen molar-refractivity contribution in [2.24, 2.45) is 17.8 Å². The molecule has 0 saturated heterocycles. The number of fused-ring (bicyclic) bond motifs is 3. The van der Waals surface area contributed by atoms with Crippen molar-refractivity contribution in [2.45, 2.75) is 18.3 Å².